The number of benzene rings is 1. The zero-order valence-electron chi connectivity index (χ0n) is 8.47. The summed E-state index contributed by atoms with van der Waals surface area (Å²) in [5, 5.41) is 15.8. The number of carbonyl (C=O) groups excluding carboxylic acids is 1. The van der Waals surface area contributed by atoms with Crippen LogP contribution in [0.2, 0.25) is 0 Å². The van der Waals surface area contributed by atoms with E-state index in [2.05, 4.69) is 10.2 Å². The Morgan fingerprint density at radius 1 is 1.19 bits per heavy atom. The van der Waals surface area contributed by atoms with Crippen LogP contribution in [-0.4, -0.2) is 17.0 Å². The summed E-state index contributed by atoms with van der Waals surface area (Å²) in [6.07, 6.45) is 0. The standard InChI is InChI=1S/C11H8N2O3/c1-6-9(10(14)13-12-6)7-2-4-8(5-3-7)11(15)16/h2-5H,1H3,(H,15,16). The van der Waals surface area contributed by atoms with Crippen molar-refractivity contribution < 1.29 is 14.7 Å². The van der Waals surface area contributed by atoms with Crippen molar-refractivity contribution in [1.29, 1.82) is 0 Å². The number of carboxylic acids is 1. The summed E-state index contributed by atoms with van der Waals surface area (Å²) in [4.78, 5) is 22.0. The number of aromatic carboxylic acids is 1. The first kappa shape index (κ1) is 10.2. The lowest BCUT2D eigenvalue weighted by Crippen LogP contribution is -1.98. The second kappa shape index (κ2) is 3.69. The molecule has 0 saturated heterocycles. The van der Waals surface area contributed by atoms with Crippen LogP contribution in [0.3, 0.4) is 0 Å². The van der Waals surface area contributed by atoms with E-state index < -0.39 is 5.97 Å². The highest BCUT2D eigenvalue weighted by Gasteiger charge is 2.20. The van der Waals surface area contributed by atoms with Crippen molar-refractivity contribution in [1.82, 2.24) is 0 Å². The third-order valence-corrected chi connectivity index (χ3v) is 2.29. The van der Waals surface area contributed by atoms with E-state index in [1.807, 2.05) is 0 Å². The van der Waals surface area contributed by atoms with E-state index in [0.29, 0.717) is 16.8 Å². The van der Waals surface area contributed by atoms with Crippen molar-refractivity contribution in [3.8, 4) is 0 Å². The van der Waals surface area contributed by atoms with Crippen molar-refractivity contribution in [2.45, 2.75) is 6.92 Å². The van der Waals surface area contributed by atoms with Crippen LogP contribution in [0.25, 0.3) is 5.57 Å². The number of carboxylic acid groups (broad SMARTS) is 1. The Morgan fingerprint density at radius 3 is 2.25 bits per heavy atom. The van der Waals surface area contributed by atoms with Gasteiger partial charge in [-0.15, -0.1) is 5.11 Å². The van der Waals surface area contributed by atoms with E-state index in [1.54, 1.807) is 19.1 Å². The zero-order valence-corrected chi connectivity index (χ0v) is 8.47. The van der Waals surface area contributed by atoms with Crippen LogP contribution in [0.4, 0.5) is 0 Å². The molecule has 0 bridgehead atoms. The zero-order chi connectivity index (χ0) is 11.7. The van der Waals surface area contributed by atoms with Crippen LogP contribution in [-0.2, 0) is 4.79 Å². The minimum Gasteiger partial charge on any atom is -0.478 e. The average Bonchev–Trinajstić information content (AvgIpc) is 2.59. The van der Waals surface area contributed by atoms with E-state index >= 15 is 0 Å². The highest BCUT2D eigenvalue weighted by molar-refractivity contribution is 6.22. The highest BCUT2D eigenvalue weighted by atomic mass is 16.4. The maximum absolute atomic E-state index is 11.4. The molecule has 2 rings (SSSR count). The van der Waals surface area contributed by atoms with Crippen LogP contribution < -0.4 is 0 Å². The minimum atomic E-state index is -0.996. The molecule has 0 aromatic heterocycles. The number of nitrogens with zero attached hydrogens (tertiary/aromatic N) is 2. The fourth-order valence-electron chi connectivity index (χ4n) is 1.49. The van der Waals surface area contributed by atoms with E-state index in [-0.39, 0.29) is 11.5 Å². The number of rotatable bonds is 2. The van der Waals surface area contributed by atoms with Gasteiger partial charge in [-0.3, -0.25) is 4.79 Å². The van der Waals surface area contributed by atoms with Crippen LogP contribution in [0.1, 0.15) is 22.8 Å². The number of hydrogen-bond donors (Lipinski definition) is 1. The predicted molar refractivity (Wildman–Crippen MR) is 55.9 cm³/mol. The quantitative estimate of drug-likeness (QED) is 0.822. The molecule has 0 atom stereocenters. The first-order valence-corrected chi connectivity index (χ1v) is 4.60. The van der Waals surface area contributed by atoms with Gasteiger partial charge in [-0.1, -0.05) is 12.1 Å². The molecule has 1 aliphatic heterocycles. The van der Waals surface area contributed by atoms with E-state index in [1.165, 1.54) is 12.1 Å². The summed E-state index contributed by atoms with van der Waals surface area (Å²) < 4.78 is 0. The van der Waals surface area contributed by atoms with Gasteiger partial charge in [0.25, 0.3) is 5.91 Å². The molecule has 0 saturated carbocycles. The van der Waals surface area contributed by atoms with E-state index in [4.69, 9.17) is 5.11 Å². The molecule has 1 amide bonds. The van der Waals surface area contributed by atoms with Gasteiger partial charge in [-0.25, -0.2) is 4.79 Å². The van der Waals surface area contributed by atoms with Gasteiger partial charge in [-0.05, 0) is 24.6 Å². The SMILES string of the molecule is CC1=C(c2ccc(C(=O)O)cc2)C(=O)N=N1. The Hall–Kier alpha value is -2.30. The molecule has 0 fully saturated rings. The monoisotopic (exact) mass is 216 g/mol. The lowest BCUT2D eigenvalue weighted by Gasteiger charge is -2.01. The Morgan fingerprint density at radius 2 is 1.81 bits per heavy atom. The van der Waals surface area contributed by atoms with Crippen LogP contribution in [0.5, 0.6) is 0 Å². The Bertz CT molecular complexity index is 527. The molecule has 1 N–H and O–H groups in total. The van der Waals surface area contributed by atoms with Gasteiger partial charge in [0, 0.05) is 0 Å². The van der Waals surface area contributed by atoms with Crippen LogP contribution in [0.15, 0.2) is 40.2 Å². The molecular formula is C11H8N2O3. The maximum Gasteiger partial charge on any atom is 0.335 e. The fraction of sp³-hybridized carbons (Fsp3) is 0.0909. The molecule has 5 heteroatoms. The lowest BCUT2D eigenvalue weighted by molar-refractivity contribution is -0.112. The molecule has 1 aromatic rings. The molecule has 80 valence electrons. The minimum absolute atomic E-state index is 0.182. The number of hydrogen-bond acceptors (Lipinski definition) is 3. The second-order valence-corrected chi connectivity index (χ2v) is 3.35. The average molecular weight is 216 g/mol. The van der Waals surface area contributed by atoms with Gasteiger partial charge < -0.3 is 5.11 Å². The molecule has 5 nitrogen and oxygen atoms in total. The normalized spacial score (nSPS) is 14.7. The van der Waals surface area contributed by atoms with Gasteiger partial charge in [0.15, 0.2) is 0 Å². The summed E-state index contributed by atoms with van der Waals surface area (Å²) in [5.74, 6) is -1.38. The predicted octanol–water partition coefficient (Wildman–Crippen LogP) is 2.11. The third-order valence-electron chi connectivity index (χ3n) is 2.29. The van der Waals surface area contributed by atoms with Gasteiger partial charge in [0.2, 0.25) is 0 Å². The summed E-state index contributed by atoms with van der Waals surface area (Å²) in [6.45, 7) is 1.69. The molecule has 0 radical (unpaired) electrons. The second-order valence-electron chi connectivity index (χ2n) is 3.35. The Balaban J connectivity index is 2.40. The molecule has 0 unspecified atom stereocenters. The van der Waals surface area contributed by atoms with E-state index in [9.17, 15) is 9.59 Å². The number of azo groups is 1. The number of carbonyl (C=O) groups is 2. The summed E-state index contributed by atoms with van der Waals surface area (Å²) in [6, 6.07) is 6.06. The summed E-state index contributed by atoms with van der Waals surface area (Å²) >= 11 is 0. The summed E-state index contributed by atoms with van der Waals surface area (Å²) in [5.41, 5.74) is 1.80. The lowest BCUT2D eigenvalue weighted by atomic mass is 10.0. The van der Waals surface area contributed by atoms with Crippen LogP contribution in [0, 0.1) is 0 Å². The van der Waals surface area contributed by atoms with E-state index in [0.717, 1.165) is 0 Å². The van der Waals surface area contributed by atoms with Crippen LogP contribution >= 0.6 is 0 Å². The topological polar surface area (TPSA) is 79.1 Å². The molecular weight excluding hydrogens is 208 g/mol. The van der Waals surface area contributed by atoms with Crippen molar-refractivity contribution >= 4 is 17.4 Å². The number of allylic oxidation sites excluding steroid dienone is 1. The van der Waals surface area contributed by atoms with Crippen molar-refractivity contribution in [2.24, 2.45) is 10.2 Å². The first-order valence-electron chi connectivity index (χ1n) is 4.60. The van der Waals surface area contributed by atoms with Crippen molar-refractivity contribution in [3.05, 3.63) is 41.1 Å². The van der Waals surface area contributed by atoms with Gasteiger partial charge in [0.1, 0.15) is 0 Å². The smallest absolute Gasteiger partial charge is 0.335 e. The molecule has 16 heavy (non-hydrogen) atoms. The molecule has 1 aromatic carbocycles. The fourth-order valence-corrected chi connectivity index (χ4v) is 1.49. The molecule has 1 aliphatic rings. The largest absolute Gasteiger partial charge is 0.478 e. The molecule has 0 aliphatic carbocycles. The number of amides is 1. The Labute approximate surface area is 91.1 Å². The van der Waals surface area contributed by atoms with Gasteiger partial charge in [0.05, 0.1) is 16.8 Å². The first-order chi connectivity index (χ1) is 7.59. The third kappa shape index (κ3) is 1.63. The van der Waals surface area contributed by atoms with Gasteiger partial charge in [-0.2, -0.15) is 5.11 Å². The highest BCUT2D eigenvalue weighted by Crippen LogP contribution is 2.26. The van der Waals surface area contributed by atoms with Gasteiger partial charge >= 0.3 is 5.97 Å². The Kier molecular flexibility index (Phi) is 2.36. The maximum atomic E-state index is 11.4. The molecule has 0 spiro atoms. The summed E-state index contributed by atoms with van der Waals surface area (Å²) in [7, 11) is 0. The van der Waals surface area contributed by atoms with Crippen molar-refractivity contribution in [2.75, 3.05) is 0 Å². The molecule has 1 heterocycles. The van der Waals surface area contributed by atoms with Crippen molar-refractivity contribution in [3.63, 3.8) is 0 Å².